The minimum atomic E-state index is -4.42. The second-order valence-corrected chi connectivity index (χ2v) is 13.8. The van der Waals surface area contributed by atoms with Crippen molar-refractivity contribution in [1.82, 2.24) is 19.4 Å². The molecule has 2 fully saturated rings. The summed E-state index contributed by atoms with van der Waals surface area (Å²) in [7, 11) is 0. The number of aryl methyl sites for hydroxylation is 1. The smallest absolute Gasteiger partial charge is 0.329 e. The Labute approximate surface area is 281 Å². The summed E-state index contributed by atoms with van der Waals surface area (Å²) in [5.74, 6) is 1.74. The maximum atomic E-state index is 13.4. The molecule has 3 unspecified atom stereocenters. The summed E-state index contributed by atoms with van der Waals surface area (Å²) < 4.78 is 41.7. The zero-order chi connectivity index (χ0) is 33.3. The molecular formula is C38H45F3N6O. The van der Waals surface area contributed by atoms with Crippen molar-refractivity contribution in [2.45, 2.75) is 82.7 Å². The molecule has 0 radical (unpaired) electrons. The molecule has 1 N–H and O–H groups in total. The highest BCUT2D eigenvalue weighted by Gasteiger charge is 2.42. The molecule has 1 aliphatic carbocycles. The number of imidazole rings is 1. The van der Waals surface area contributed by atoms with Crippen LogP contribution in [0.25, 0.3) is 0 Å². The molecule has 7 nitrogen and oxygen atoms in total. The van der Waals surface area contributed by atoms with Crippen molar-refractivity contribution < 1.29 is 18.0 Å². The first kappa shape index (κ1) is 32.6. The SMILES string of the molecule is Cc1nc2c(n1C1CC3CC[C@@H](C1)N3CCCN(C(=O)Nc1ccc(C(F)(F)F)cc1)c1ccccc1)CCN(CC1C=CC=CC1)C2. The standard InChI is InChI=1S/C38H45F3N6O/c1-27-42-35-26-44(25-28-9-4-2-5-10-28)22-19-36(35)47(27)34-23-32-17-18-33(24-34)45(32)20-8-21-46(31-11-6-3-7-12-31)37(48)43-30-15-13-29(14-16-30)38(39,40)41/h2-7,9,11-16,28,32-34H,8,10,17-26H2,1H3,(H,43,48)/t28?,32-,33?,34?/m0/s1. The van der Waals surface area contributed by atoms with Crippen LogP contribution in [0.15, 0.2) is 78.9 Å². The van der Waals surface area contributed by atoms with E-state index in [1.54, 1.807) is 4.90 Å². The highest BCUT2D eigenvalue weighted by molar-refractivity contribution is 6.01. The Morgan fingerprint density at radius 2 is 1.75 bits per heavy atom. The third-order valence-electron chi connectivity index (χ3n) is 10.7. The zero-order valence-electron chi connectivity index (χ0n) is 27.6. The first-order valence-electron chi connectivity index (χ1n) is 17.4. The van der Waals surface area contributed by atoms with Gasteiger partial charge in [0.1, 0.15) is 5.82 Å². The fourth-order valence-electron chi connectivity index (χ4n) is 8.46. The number of aromatic nitrogens is 2. The van der Waals surface area contributed by atoms with E-state index < -0.39 is 11.7 Å². The maximum absolute atomic E-state index is 13.4. The summed E-state index contributed by atoms with van der Waals surface area (Å²) >= 11 is 0. The summed E-state index contributed by atoms with van der Waals surface area (Å²) in [6.45, 7) is 6.70. The molecule has 2 aromatic carbocycles. The summed E-state index contributed by atoms with van der Waals surface area (Å²) in [6, 6.07) is 15.2. The van der Waals surface area contributed by atoms with Crippen LogP contribution in [0.4, 0.5) is 29.3 Å². The van der Waals surface area contributed by atoms with Gasteiger partial charge in [0, 0.05) is 74.3 Å². The van der Waals surface area contributed by atoms with Crippen LogP contribution in [0, 0.1) is 12.8 Å². The van der Waals surface area contributed by atoms with Crippen molar-refractivity contribution >= 4 is 17.4 Å². The van der Waals surface area contributed by atoms with Crippen LogP contribution in [0.5, 0.6) is 0 Å². The highest BCUT2D eigenvalue weighted by Crippen LogP contribution is 2.42. The number of urea groups is 1. The van der Waals surface area contributed by atoms with Gasteiger partial charge in [-0.3, -0.25) is 14.7 Å². The number of hydrogen-bond acceptors (Lipinski definition) is 4. The fraction of sp³-hybridized carbons (Fsp3) is 0.474. The number of para-hydroxylation sites is 1. The van der Waals surface area contributed by atoms with Gasteiger partial charge in [-0.25, -0.2) is 9.78 Å². The van der Waals surface area contributed by atoms with Crippen molar-refractivity contribution in [2.75, 3.05) is 36.4 Å². The third kappa shape index (κ3) is 7.10. The Morgan fingerprint density at radius 3 is 2.44 bits per heavy atom. The molecule has 48 heavy (non-hydrogen) atoms. The van der Waals surface area contributed by atoms with Gasteiger partial charge in [-0.05, 0) is 87.8 Å². The zero-order valence-corrected chi connectivity index (χ0v) is 27.6. The molecule has 2 bridgehead atoms. The first-order valence-corrected chi connectivity index (χ1v) is 17.4. The summed E-state index contributed by atoms with van der Waals surface area (Å²) in [4.78, 5) is 25.5. The van der Waals surface area contributed by atoms with Gasteiger partial charge in [-0.2, -0.15) is 13.2 Å². The van der Waals surface area contributed by atoms with E-state index in [4.69, 9.17) is 4.98 Å². The van der Waals surface area contributed by atoms with E-state index in [9.17, 15) is 18.0 Å². The monoisotopic (exact) mass is 658 g/mol. The number of piperidine rings is 1. The van der Waals surface area contributed by atoms with Crippen molar-refractivity contribution in [1.29, 1.82) is 0 Å². The van der Waals surface area contributed by atoms with Crippen LogP contribution in [-0.4, -0.2) is 63.6 Å². The van der Waals surface area contributed by atoms with Gasteiger partial charge < -0.3 is 9.88 Å². The number of anilines is 2. The van der Waals surface area contributed by atoms with Crippen LogP contribution in [0.1, 0.15) is 67.3 Å². The van der Waals surface area contributed by atoms with E-state index in [2.05, 4.69) is 50.9 Å². The summed E-state index contributed by atoms with van der Waals surface area (Å²) in [5, 5.41) is 2.80. The lowest BCUT2D eigenvalue weighted by Gasteiger charge is -2.41. The molecule has 2 amide bonds. The number of nitrogens with zero attached hydrogens (tertiary/aromatic N) is 5. The van der Waals surface area contributed by atoms with Gasteiger partial charge in [0.15, 0.2) is 0 Å². The lowest BCUT2D eigenvalue weighted by atomic mass is 9.95. The number of nitrogens with one attached hydrogen (secondary N) is 1. The number of halogens is 3. The molecular weight excluding hydrogens is 613 g/mol. The number of fused-ring (bicyclic) bond motifs is 3. The van der Waals surface area contributed by atoms with E-state index in [0.29, 0.717) is 36.3 Å². The largest absolute Gasteiger partial charge is 0.416 e. The molecule has 10 heteroatoms. The second-order valence-electron chi connectivity index (χ2n) is 13.8. The Balaban J connectivity index is 0.964. The van der Waals surface area contributed by atoms with Crippen LogP contribution < -0.4 is 10.2 Å². The van der Waals surface area contributed by atoms with Gasteiger partial charge in [-0.15, -0.1) is 0 Å². The number of rotatable bonds is 9. The van der Waals surface area contributed by atoms with E-state index in [0.717, 1.165) is 81.9 Å². The summed E-state index contributed by atoms with van der Waals surface area (Å²) in [6.07, 6.45) is 12.1. The minimum Gasteiger partial charge on any atom is -0.329 e. The van der Waals surface area contributed by atoms with Crippen LogP contribution >= 0.6 is 0 Å². The molecule has 0 saturated carbocycles. The van der Waals surface area contributed by atoms with Gasteiger partial charge in [0.25, 0.3) is 0 Å². The van der Waals surface area contributed by atoms with Gasteiger partial charge in [0.05, 0.1) is 11.3 Å². The van der Waals surface area contributed by atoms with Crippen LogP contribution in [0.2, 0.25) is 0 Å². The van der Waals surface area contributed by atoms with Crippen molar-refractivity contribution in [3.05, 3.63) is 102 Å². The molecule has 3 aromatic rings. The van der Waals surface area contributed by atoms with Crippen LogP contribution in [0.3, 0.4) is 0 Å². The molecule has 3 aliphatic heterocycles. The minimum absolute atomic E-state index is 0.331. The van der Waals surface area contributed by atoms with Gasteiger partial charge in [-0.1, -0.05) is 42.5 Å². The topological polar surface area (TPSA) is 56.6 Å². The Bertz CT molecular complexity index is 1620. The van der Waals surface area contributed by atoms with Crippen molar-refractivity contribution in [3.63, 3.8) is 0 Å². The Morgan fingerprint density at radius 1 is 1.00 bits per heavy atom. The number of amides is 2. The van der Waals surface area contributed by atoms with Crippen molar-refractivity contribution in [2.24, 2.45) is 5.92 Å². The van der Waals surface area contributed by atoms with E-state index in [1.807, 2.05) is 30.3 Å². The predicted octanol–water partition coefficient (Wildman–Crippen LogP) is 8.00. The average Bonchev–Trinajstić information content (AvgIpc) is 3.52. The number of carbonyl (C=O) groups is 1. The molecule has 4 heterocycles. The Kier molecular flexibility index (Phi) is 9.47. The predicted molar refractivity (Wildman–Crippen MR) is 183 cm³/mol. The Hall–Kier alpha value is -3.89. The first-order chi connectivity index (χ1) is 23.2. The number of carbonyl (C=O) groups excluding carboxylic acids is 1. The maximum Gasteiger partial charge on any atom is 0.416 e. The fourth-order valence-corrected chi connectivity index (χ4v) is 8.46. The third-order valence-corrected chi connectivity index (χ3v) is 10.7. The van der Waals surface area contributed by atoms with Crippen LogP contribution in [-0.2, 0) is 19.1 Å². The second kappa shape index (κ2) is 13.9. The molecule has 254 valence electrons. The van der Waals surface area contributed by atoms with Gasteiger partial charge >= 0.3 is 12.2 Å². The van der Waals surface area contributed by atoms with E-state index in [1.165, 1.54) is 36.4 Å². The lowest BCUT2D eigenvalue weighted by molar-refractivity contribution is -0.137. The van der Waals surface area contributed by atoms with Gasteiger partial charge in [0.2, 0.25) is 0 Å². The van der Waals surface area contributed by atoms with Crippen molar-refractivity contribution in [3.8, 4) is 0 Å². The molecule has 7 rings (SSSR count). The average molecular weight is 659 g/mol. The number of benzene rings is 2. The molecule has 1 aromatic heterocycles. The lowest BCUT2D eigenvalue weighted by Crippen LogP contribution is -2.45. The highest BCUT2D eigenvalue weighted by atomic mass is 19.4. The van der Waals surface area contributed by atoms with E-state index in [-0.39, 0.29) is 6.03 Å². The molecule has 2 saturated heterocycles. The number of alkyl halides is 3. The molecule has 4 atom stereocenters. The molecule has 0 spiro atoms. The summed E-state index contributed by atoms with van der Waals surface area (Å²) in [5.41, 5.74) is 3.05. The van der Waals surface area contributed by atoms with E-state index >= 15 is 0 Å². The quantitative estimate of drug-likeness (QED) is 0.253. The molecule has 4 aliphatic rings. The number of hydrogen-bond donors (Lipinski definition) is 1. The number of allylic oxidation sites excluding steroid dienone is 3. The normalized spacial score (nSPS) is 24.1.